The van der Waals surface area contributed by atoms with E-state index in [0.29, 0.717) is 31.2 Å². The fourth-order valence-corrected chi connectivity index (χ4v) is 4.34. The van der Waals surface area contributed by atoms with E-state index in [0.717, 1.165) is 22.3 Å². The lowest BCUT2D eigenvalue weighted by atomic mass is 9.83. The first-order valence-electron chi connectivity index (χ1n) is 11.2. The molecule has 3 heterocycles. The number of pyridine rings is 1. The molecule has 2 amide bonds. The summed E-state index contributed by atoms with van der Waals surface area (Å²) < 4.78 is 7.04. The zero-order valence-corrected chi connectivity index (χ0v) is 19.2. The number of primary amides is 1. The molecule has 9 heteroatoms. The lowest BCUT2D eigenvalue weighted by Gasteiger charge is -2.36. The van der Waals surface area contributed by atoms with E-state index in [-0.39, 0.29) is 18.0 Å². The van der Waals surface area contributed by atoms with Gasteiger partial charge < -0.3 is 21.1 Å². The van der Waals surface area contributed by atoms with Crippen molar-refractivity contribution in [2.75, 3.05) is 5.32 Å². The first-order valence-corrected chi connectivity index (χ1v) is 11.2. The molecule has 1 saturated carbocycles. The molecule has 0 spiro atoms. The minimum absolute atomic E-state index is 0.0112. The molecule has 0 bridgehead atoms. The summed E-state index contributed by atoms with van der Waals surface area (Å²) in [6, 6.07) is 6.01. The Balaban J connectivity index is 1.57. The second kappa shape index (κ2) is 9.09. The molecule has 174 valence electrons. The number of nitrogens with one attached hydrogen (secondary N) is 2. The lowest BCUT2D eigenvalue weighted by Crippen LogP contribution is -2.45. The van der Waals surface area contributed by atoms with E-state index >= 15 is 0 Å². The third-order valence-corrected chi connectivity index (χ3v) is 6.04. The number of hydrogen-bond donors (Lipinski definition) is 3. The monoisotopic (exact) mass is 450 g/mol. The highest BCUT2D eigenvalue weighted by Gasteiger charge is 2.35. The van der Waals surface area contributed by atoms with E-state index in [1.165, 1.54) is 0 Å². The summed E-state index contributed by atoms with van der Waals surface area (Å²) in [4.78, 5) is 28.6. The standard InChI is InChI=1S/C24H30N6O3/c1-15(2)28-21-19(22(31)29-18-6-8-24(3,9-7-18)33-23(25)32)13-27-30-14-17(11-20(21)30)16-5-4-10-26-12-16/h4-5,10-15,18,28H,6-9H2,1-3H3,(H2,25,32)(H,29,31). The number of amides is 2. The Bertz CT molecular complexity index is 1150. The number of anilines is 1. The second-order valence-corrected chi connectivity index (χ2v) is 9.15. The molecule has 3 aromatic rings. The largest absolute Gasteiger partial charge is 0.443 e. The van der Waals surface area contributed by atoms with Crippen LogP contribution in [-0.2, 0) is 4.74 Å². The molecule has 1 aliphatic carbocycles. The number of aromatic nitrogens is 3. The van der Waals surface area contributed by atoms with Crippen LogP contribution in [0.5, 0.6) is 0 Å². The summed E-state index contributed by atoms with van der Waals surface area (Å²) in [5.41, 5.74) is 8.62. The maximum atomic E-state index is 13.3. The Hall–Kier alpha value is -3.62. The first kappa shape index (κ1) is 22.6. The number of nitrogens with zero attached hydrogens (tertiary/aromatic N) is 3. The number of nitrogens with two attached hydrogens (primary N) is 1. The summed E-state index contributed by atoms with van der Waals surface area (Å²) in [6.07, 6.45) is 9.00. The molecule has 1 fully saturated rings. The van der Waals surface area contributed by atoms with Crippen LogP contribution in [0.25, 0.3) is 16.6 Å². The second-order valence-electron chi connectivity index (χ2n) is 9.15. The van der Waals surface area contributed by atoms with Crippen molar-refractivity contribution in [3.63, 3.8) is 0 Å². The Morgan fingerprint density at radius 2 is 2.00 bits per heavy atom. The van der Waals surface area contributed by atoms with Gasteiger partial charge in [0.2, 0.25) is 0 Å². The van der Waals surface area contributed by atoms with Crippen LogP contribution in [0.3, 0.4) is 0 Å². The van der Waals surface area contributed by atoms with Gasteiger partial charge in [-0.1, -0.05) is 6.07 Å². The quantitative estimate of drug-likeness (QED) is 0.526. The van der Waals surface area contributed by atoms with Gasteiger partial charge in [0.15, 0.2) is 0 Å². The van der Waals surface area contributed by atoms with Crippen molar-refractivity contribution in [2.45, 2.75) is 64.1 Å². The Morgan fingerprint density at radius 1 is 1.24 bits per heavy atom. The van der Waals surface area contributed by atoms with Crippen LogP contribution in [0.1, 0.15) is 56.8 Å². The van der Waals surface area contributed by atoms with Gasteiger partial charge in [0.05, 0.1) is 23.0 Å². The van der Waals surface area contributed by atoms with E-state index in [9.17, 15) is 9.59 Å². The smallest absolute Gasteiger partial charge is 0.405 e. The van der Waals surface area contributed by atoms with E-state index in [2.05, 4.69) is 20.7 Å². The number of rotatable bonds is 6. The molecule has 1 aliphatic rings. The van der Waals surface area contributed by atoms with Crippen LogP contribution in [0, 0.1) is 0 Å². The fourth-order valence-electron chi connectivity index (χ4n) is 4.34. The molecular formula is C24H30N6O3. The topological polar surface area (TPSA) is 124 Å². The van der Waals surface area contributed by atoms with E-state index in [4.69, 9.17) is 10.5 Å². The average Bonchev–Trinajstić information content (AvgIpc) is 3.20. The van der Waals surface area contributed by atoms with Gasteiger partial charge in [0.25, 0.3) is 5.91 Å². The SMILES string of the molecule is CC(C)Nc1c(C(=O)NC2CCC(C)(OC(N)=O)CC2)cnn2cc(-c3cccnc3)cc12. The summed E-state index contributed by atoms with van der Waals surface area (Å²) in [5, 5.41) is 11.0. The maximum absolute atomic E-state index is 13.3. The van der Waals surface area contributed by atoms with Crippen LogP contribution in [0.4, 0.5) is 10.5 Å². The van der Waals surface area contributed by atoms with Gasteiger partial charge in [0.1, 0.15) is 5.60 Å². The minimum atomic E-state index is -0.762. The number of hydrogen-bond acceptors (Lipinski definition) is 6. The van der Waals surface area contributed by atoms with Gasteiger partial charge >= 0.3 is 6.09 Å². The highest BCUT2D eigenvalue weighted by atomic mass is 16.6. The average molecular weight is 451 g/mol. The Morgan fingerprint density at radius 3 is 2.64 bits per heavy atom. The Kier molecular flexibility index (Phi) is 6.22. The summed E-state index contributed by atoms with van der Waals surface area (Å²) in [7, 11) is 0. The van der Waals surface area contributed by atoms with Crippen molar-refractivity contribution in [3.8, 4) is 11.1 Å². The third kappa shape index (κ3) is 5.08. The van der Waals surface area contributed by atoms with Crippen molar-refractivity contribution in [3.05, 3.63) is 48.5 Å². The van der Waals surface area contributed by atoms with Crippen LogP contribution in [-0.4, -0.2) is 44.3 Å². The fraction of sp³-hybridized carbons (Fsp3) is 0.417. The third-order valence-electron chi connectivity index (χ3n) is 6.04. The first-order chi connectivity index (χ1) is 15.7. The summed E-state index contributed by atoms with van der Waals surface area (Å²) in [5.74, 6) is -0.179. The van der Waals surface area contributed by atoms with Gasteiger partial charge in [0, 0.05) is 41.8 Å². The molecule has 0 saturated heterocycles. The van der Waals surface area contributed by atoms with Gasteiger partial charge in [-0.05, 0) is 58.6 Å². The van der Waals surface area contributed by atoms with Crippen LogP contribution in [0.2, 0.25) is 0 Å². The molecule has 33 heavy (non-hydrogen) atoms. The molecule has 9 nitrogen and oxygen atoms in total. The van der Waals surface area contributed by atoms with Gasteiger partial charge in [-0.2, -0.15) is 5.10 Å². The molecule has 0 aromatic carbocycles. The molecule has 0 atom stereocenters. The number of ether oxygens (including phenoxy) is 1. The molecule has 3 aromatic heterocycles. The number of carbonyl (C=O) groups is 2. The van der Waals surface area contributed by atoms with Crippen molar-refractivity contribution < 1.29 is 14.3 Å². The van der Waals surface area contributed by atoms with Crippen LogP contribution >= 0.6 is 0 Å². The van der Waals surface area contributed by atoms with Gasteiger partial charge in [-0.3, -0.25) is 9.78 Å². The van der Waals surface area contributed by atoms with E-state index in [1.807, 2.05) is 45.2 Å². The zero-order valence-electron chi connectivity index (χ0n) is 19.2. The van der Waals surface area contributed by atoms with Gasteiger partial charge in [-0.15, -0.1) is 0 Å². The maximum Gasteiger partial charge on any atom is 0.405 e. The normalized spacial score (nSPS) is 20.5. The number of fused-ring (bicyclic) bond motifs is 1. The lowest BCUT2D eigenvalue weighted by molar-refractivity contribution is -0.00315. The highest BCUT2D eigenvalue weighted by molar-refractivity contribution is 6.03. The van der Waals surface area contributed by atoms with E-state index in [1.54, 1.807) is 23.1 Å². The molecule has 4 N–H and O–H groups in total. The van der Waals surface area contributed by atoms with Crippen molar-refractivity contribution in [1.29, 1.82) is 0 Å². The van der Waals surface area contributed by atoms with Gasteiger partial charge in [-0.25, -0.2) is 9.31 Å². The predicted octanol–water partition coefficient (Wildman–Crippen LogP) is 3.74. The van der Waals surface area contributed by atoms with Crippen molar-refractivity contribution in [2.24, 2.45) is 5.73 Å². The van der Waals surface area contributed by atoms with Crippen LogP contribution in [0.15, 0.2) is 43.0 Å². The molecule has 4 rings (SSSR count). The molecule has 0 aliphatic heterocycles. The minimum Gasteiger partial charge on any atom is -0.443 e. The van der Waals surface area contributed by atoms with Crippen molar-refractivity contribution in [1.82, 2.24) is 19.9 Å². The molecule has 0 unspecified atom stereocenters. The highest BCUT2D eigenvalue weighted by Crippen LogP contribution is 2.32. The molecule has 0 radical (unpaired) electrons. The molecular weight excluding hydrogens is 420 g/mol. The predicted molar refractivity (Wildman–Crippen MR) is 126 cm³/mol. The summed E-state index contributed by atoms with van der Waals surface area (Å²) >= 11 is 0. The summed E-state index contributed by atoms with van der Waals surface area (Å²) in [6.45, 7) is 5.94. The van der Waals surface area contributed by atoms with E-state index < -0.39 is 11.7 Å². The zero-order chi connectivity index (χ0) is 23.6. The van der Waals surface area contributed by atoms with Crippen LogP contribution < -0.4 is 16.4 Å². The van der Waals surface area contributed by atoms with Crippen molar-refractivity contribution >= 4 is 23.2 Å². The Labute approximate surface area is 192 Å². The number of carbonyl (C=O) groups excluding carboxylic acids is 2.